The SMILES string of the molecule is CCc1c(C)nn(-c2cncc(C(=O)O)c2)c1C. The molecule has 0 aliphatic heterocycles. The number of rotatable bonds is 3. The Bertz CT molecular complexity index is 602. The lowest BCUT2D eigenvalue weighted by atomic mass is 10.1. The number of hydrogen-bond donors (Lipinski definition) is 1. The van der Waals surface area contributed by atoms with Crippen LogP contribution in [0.2, 0.25) is 0 Å². The van der Waals surface area contributed by atoms with E-state index < -0.39 is 5.97 Å². The average molecular weight is 245 g/mol. The zero-order chi connectivity index (χ0) is 13.3. The van der Waals surface area contributed by atoms with E-state index in [9.17, 15) is 4.79 Å². The average Bonchev–Trinajstić information content (AvgIpc) is 2.64. The monoisotopic (exact) mass is 245 g/mol. The Morgan fingerprint density at radius 3 is 2.67 bits per heavy atom. The highest BCUT2D eigenvalue weighted by atomic mass is 16.4. The fraction of sp³-hybridized carbons (Fsp3) is 0.308. The lowest BCUT2D eigenvalue weighted by Crippen LogP contribution is -2.04. The number of aromatic nitrogens is 3. The number of aryl methyl sites for hydroxylation is 1. The van der Waals surface area contributed by atoms with Gasteiger partial charge in [-0.3, -0.25) is 4.98 Å². The van der Waals surface area contributed by atoms with Crippen LogP contribution >= 0.6 is 0 Å². The first-order valence-corrected chi connectivity index (χ1v) is 5.78. The van der Waals surface area contributed by atoms with Crippen LogP contribution in [0.5, 0.6) is 0 Å². The molecule has 0 radical (unpaired) electrons. The van der Waals surface area contributed by atoms with Crippen LogP contribution in [-0.4, -0.2) is 25.8 Å². The number of nitrogens with zero attached hydrogens (tertiary/aromatic N) is 3. The van der Waals surface area contributed by atoms with E-state index in [1.807, 2.05) is 13.8 Å². The molecule has 18 heavy (non-hydrogen) atoms. The Morgan fingerprint density at radius 2 is 2.11 bits per heavy atom. The van der Waals surface area contributed by atoms with Crippen molar-refractivity contribution in [1.82, 2.24) is 14.8 Å². The Hall–Kier alpha value is -2.17. The quantitative estimate of drug-likeness (QED) is 0.899. The first kappa shape index (κ1) is 12.3. The van der Waals surface area contributed by atoms with E-state index in [-0.39, 0.29) is 5.56 Å². The van der Waals surface area contributed by atoms with Gasteiger partial charge in [0.05, 0.1) is 23.1 Å². The highest BCUT2D eigenvalue weighted by Crippen LogP contribution is 2.18. The van der Waals surface area contributed by atoms with E-state index >= 15 is 0 Å². The van der Waals surface area contributed by atoms with Crippen LogP contribution in [0.15, 0.2) is 18.5 Å². The van der Waals surface area contributed by atoms with Crippen molar-refractivity contribution < 1.29 is 9.90 Å². The van der Waals surface area contributed by atoms with Crippen molar-refractivity contribution in [3.8, 4) is 5.69 Å². The van der Waals surface area contributed by atoms with Crippen LogP contribution in [0.4, 0.5) is 0 Å². The van der Waals surface area contributed by atoms with E-state index in [0.29, 0.717) is 5.69 Å². The third-order valence-corrected chi connectivity index (χ3v) is 3.01. The number of carboxylic acid groups (broad SMARTS) is 1. The smallest absolute Gasteiger partial charge is 0.337 e. The summed E-state index contributed by atoms with van der Waals surface area (Å²) < 4.78 is 1.74. The van der Waals surface area contributed by atoms with Crippen LogP contribution < -0.4 is 0 Å². The molecule has 2 aromatic rings. The standard InChI is InChI=1S/C13H15N3O2/c1-4-12-8(2)15-16(9(12)3)11-5-10(13(17)18)6-14-7-11/h5-7H,4H2,1-3H3,(H,17,18). The van der Waals surface area contributed by atoms with Crippen LogP contribution in [0, 0.1) is 13.8 Å². The second-order valence-corrected chi connectivity index (χ2v) is 4.15. The Balaban J connectivity index is 2.55. The van der Waals surface area contributed by atoms with Crippen LogP contribution in [0.1, 0.15) is 34.2 Å². The zero-order valence-corrected chi connectivity index (χ0v) is 10.6. The van der Waals surface area contributed by atoms with Gasteiger partial charge in [-0.15, -0.1) is 0 Å². The highest BCUT2D eigenvalue weighted by molar-refractivity contribution is 5.87. The Labute approximate surface area is 105 Å². The zero-order valence-electron chi connectivity index (χ0n) is 10.6. The van der Waals surface area contributed by atoms with Gasteiger partial charge in [-0.25, -0.2) is 9.48 Å². The van der Waals surface area contributed by atoms with E-state index in [2.05, 4.69) is 17.0 Å². The Kier molecular flexibility index (Phi) is 3.14. The van der Waals surface area contributed by atoms with E-state index in [1.54, 1.807) is 16.9 Å². The van der Waals surface area contributed by atoms with Crippen molar-refractivity contribution in [2.45, 2.75) is 27.2 Å². The molecule has 0 saturated carbocycles. The predicted octanol–water partition coefficient (Wildman–Crippen LogP) is 2.14. The molecule has 2 rings (SSSR count). The van der Waals surface area contributed by atoms with Gasteiger partial charge in [0.1, 0.15) is 0 Å². The van der Waals surface area contributed by atoms with Gasteiger partial charge < -0.3 is 5.11 Å². The molecule has 94 valence electrons. The second kappa shape index (κ2) is 4.60. The fourth-order valence-corrected chi connectivity index (χ4v) is 2.10. The molecule has 0 spiro atoms. The molecule has 0 amide bonds. The van der Waals surface area contributed by atoms with Crippen LogP contribution in [0.25, 0.3) is 5.69 Å². The fourth-order valence-electron chi connectivity index (χ4n) is 2.10. The molecule has 0 aliphatic carbocycles. The van der Waals surface area contributed by atoms with Crippen molar-refractivity contribution in [1.29, 1.82) is 0 Å². The minimum atomic E-state index is -0.985. The van der Waals surface area contributed by atoms with E-state index in [4.69, 9.17) is 5.11 Å². The van der Waals surface area contributed by atoms with Gasteiger partial charge in [0.15, 0.2) is 0 Å². The maximum atomic E-state index is 10.9. The largest absolute Gasteiger partial charge is 0.478 e. The van der Waals surface area contributed by atoms with Crippen molar-refractivity contribution in [2.24, 2.45) is 0 Å². The van der Waals surface area contributed by atoms with Crippen molar-refractivity contribution in [2.75, 3.05) is 0 Å². The van der Waals surface area contributed by atoms with Gasteiger partial charge >= 0.3 is 5.97 Å². The number of carbonyl (C=O) groups is 1. The molecule has 2 heterocycles. The molecule has 0 aliphatic rings. The summed E-state index contributed by atoms with van der Waals surface area (Å²) in [5.74, 6) is -0.985. The molecule has 0 unspecified atom stereocenters. The van der Waals surface area contributed by atoms with Gasteiger partial charge in [0.2, 0.25) is 0 Å². The molecule has 0 atom stereocenters. The van der Waals surface area contributed by atoms with E-state index in [0.717, 1.165) is 17.8 Å². The molecule has 0 saturated heterocycles. The van der Waals surface area contributed by atoms with Gasteiger partial charge in [0, 0.05) is 11.9 Å². The minimum Gasteiger partial charge on any atom is -0.478 e. The minimum absolute atomic E-state index is 0.165. The normalized spacial score (nSPS) is 10.6. The second-order valence-electron chi connectivity index (χ2n) is 4.15. The third kappa shape index (κ3) is 1.99. The van der Waals surface area contributed by atoms with Crippen LogP contribution in [-0.2, 0) is 6.42 Å². The summed E-state index contributed by atoms with van der Waals surface area (Å²) >= 11 is 0. The van der Waals surface area contributed by atoms with E-state index in [1.165, 1.54) is 11.8 Å². The van der Waals surface area contributed by atoms with Gasteiger partial charge in [0.25, 0.3) is 0 Å². The highest BCUT2D eigenvalue weighted by Gasteiger charge is 2.12. The number of pyridine rings is 1. The summed E-state index contributed by atoms with van der Waals surface area (Å²) in [4.78, 5) is 14.9. The topological polar surface area (TPSA) is 68.0 Å². The third-order valence-electron chi connectivity index (χ3n) is 3.01. The summed E-state index contributed by atoms with van der Waals surface area (Å²) in [5.41, 5.74) is 4.03. The lowest BCUT2D eigenvalue weighted by Gasteiger charge is -2.05. The van der Waals surface area contributed by atoms with Gasteiger partial charge in [-0.1, -0.05) is 6.92 Å². The van der Waals surface area contributed by atoms with Crippen molar-refractivity contribution >= 4 is 5.97 Å². The number of hydrogen-bond acceptors (Lipinski definition) is 3. The lowest BCUT2D eigenvalue weighted by molar-refractivity contribution is 0.0696. The maximum absolute atomic E-state index is 10.9. The molecule has 0 aromatic carbocycles. The molecular formula is C13H15N3O2. The number of aromatic carboxylic acids is 1. The van der Waals surface area contributed by atoms with Crippen LogP contribution in [0.3, 0.4) is 0 Å². The van der Waals surface area contributed by atoms with Crippen molar-refractivity contribution in [3.63, 3.8) is 0 Å². The Morgan fingerprint density at radius 1 is 1.39 bits per heavy atom. The number of carboxylic acids is 1. The maximum Gasteiger partial charge on any atom is 0.337 e. The molecule has 0 fully saturated rings. The van der Waals surface area contributed by atoms with Gasteiger partial charge in [-0.2, -0.15) is 5.10 Å². The predicted molar refractivity (Wildman–Crippen MR) is 67.2 cm³/mol. The summed E-state index contributed by atoms with van der Waals surface area (Å²) in [5, 5.41) is 13.4. The summed E-state index contributed by atoms with van der Waals surface area (Å²) in [6.45, 7) is 6.01. The summed E-state index contributed by atoms with van der Waals surface area (Å²) in [7, 11) is 0. The first-order chi connectivity index (χ1) is 8.54. The molecule has 2 aromatic heterocycles. The van der Waals surface area contributed by atoms with Gasteiger partial charge in [-0.05, 0) is 31.9 Å². The molecule has 5 nitrogen and oxygen atoms in total. The molecule has 0 bridgehead atoms. The first-order valence-electron chi connectivity index (χ1n) is 5.78. The molecule has 5 heteroatoms. The summed E-state index contributed by atoms with van der Waals surface area (Å²) in [6, 6.07) is 1.58. The molecular weight excluding hydrogens is 230 g/mol. The molecule has 1 N–H and O–H groups in total. The van der Waals surface area contributed by atoms with Crippen molar-refractivity contribution in [3.05, 3.63) is 41.0 Å². The summed E-state index contributed by atoms with van der Waals surface area (Å²) in [6.07, 6.45) is 3.85.